The lowest BCUT2D eigenvalue weighted by Gasteiger charge is -2.27. The number of carbonyl (C=O) groups is 1. The van der Waals surface area contributed by atoms with E-state index < -0.39 is 5.97 Å². The Bertz CT molecular complexity index is 408. The van der Waals surface area contributed by atoms with Gasteiger partial charge in [-0.25, -0.2) is 9.78 Å². The number of hydrogen-bond acceptors (Lipinski definition) is 5. The van der Waals surface area contributed by atoms with Gasteiger partial charge in [0.25, 0.3) is 0 Å². The van der Waals surface area contributed by atoms with Gasteiger partial charge in [0.2, 0.25) is 5.01 Å². The number of rotatable bonds is 5. The molecule has 2 rings (SSSR count). The highest BCUT2D eigenvalue weighted by molar-refractivity contribution is 7.11. The molecule has 0 radical (unpaired) electrons. The summed E-state index contributed by atoms with van der Waals surface area (Å²) >= 11 is 1.14. The van der Waals surface area contributed by atoms with Crippen molar-refractivity contribution in [2.45, 2.75) is 38.3 Å². The van der Waals surface area contributed by atoms with E-state index in [0.29, 0.717) is 12.5 Å². The van der Waals surface area contributed by atoms with Crippen LogP contribution in [0.4, 0.5) is 0 Å². The fourth-order valence-electron chi connectivity index (χ4n) is 2.30. The molecule has 0 spiro atoms. The van der Waals surface area contributed by atoms with Crippen LogP contribution in [-0.4, -0.2) is 33.8 Å². The first-order chi connectivity index (χ1) is 8.66. The minimum absolute atomic E-state index is 0.129. The van der Waals surface area contributed by atoms with E-state index in [4.69, 9.17) is 5.11 Å². The lowest BCUT2D eigenvalue weighted by molar-refractivity contribution is 0.0694. The molecule has 0 bridgehead atoms. The van der Waals surface area contributed by atoms with Gasteiger partial charge < -0.3 is 15.5 Å². The molecule has 1 aromatic rings. The van der Waals surface area contributed by atoms with Crippen LogP contribution in [0, 0.1) is 5.92 Å². The molecule has 0 aliphatic heterocycles. The molecule has 2 unspecified atom stereocenters. The predicted octanol–water partition coefficient (Wildman–Crippen LogP) is 1.48. The Labute approximate surface area is 110 Å². The first-order valence-electron chi connectivity index (χ1n) is 6.23. The number of aliphatic hydroxyl groups excluding tert-OH is 1. The van der Waals surface area contributed by atoms with Gasteiger partial charge in [0.1, 0.15) is 0 Å². The van der Waals surface area contributed by atoms with Gasteiger partial charge in [0.05, 0.1) is 11.8 Å². The maximum Gasteiger partial charge on any atom is 0.365 e. The molecular weight excluding hydrogens is 252 g/mol. The van der Waals surface area contributed by atoms with Crippen LogP contribution >= 0.6 is 11.3 Å². The van der Waals surface area contributed by atoms with Crippen molar-refractivity contribution in [2.24, 2.45) is 5.92 Å². The van der Waals surface area contributed by atoms with Gasteiger partial charge >= 0.3 is 5.97 Å². The fraction of sp³-hybridized carbons (Fsp3) is 0.667. The van der Waals surface area contributed by atoms with E-state index in [1.165, 1.54) is 6.42 Å². The van der Waals surface area contributed by atoms with E-state index in [2.05, 4.69) is 10.3 Å². The Balaban J connectivity index is 1.75. The van der Waals surface area contributed by atoms with Crippen molar-refractivity contribution < 1.29 is 15.0 Å². The van der Waals surface area contributed by atoms with Gasteiger partial charge in [-0.15, -0.1) is 11.3 Å². The van der Waals surface area contributed by atoms with Crippen molar-refractivity contribution in [3.05, 3.63) is 16.1 Å². The Morgan fingerprint density at radius 1 is 1.50 bits per heavy atom. The molecule has 5 nitrogen and oxygen atoms in total. The van der Waals surface area contributed by atoms with Gasteiger partial charge in [-0.2, -0.15) is 0 Å². The van der Waals surface area contributed by atoms with Crippen molar-refractivity contribution in [3.8, 4) is 0 Å². The lowest BCUT2D eigenvalue weighted by Crippen LogP contribution is -2.33. The number of hydrogen-bond donors (Lipinski definition) is 3. The third kappa shape index (κ3) is 3.51. The monoisotopic (exact) mass is 270 g/mol. The molecule has 100 valence electrons. The summed E-state index contributed by atoms with van der Waals surface area (Å²) in [5, 5.41) is 23.7. The van der Waals surface area contributed by atoms with E-state index in [1.54, 1.807) is 5.38 Å². The molecule has 1 heterocycles. The first-order valence-corrected chi connectivity index (χ1v) is 7.11. The summed E-state index contributed by atoms with van der Waals surface area (Å²) in [5.41, 5.74) is 0.752. The number of thiazole rings is 1. The van der Waals surface area contributed by atoms with E-state index in [-0.39, 0.29) is 11.1 Å². The predicted molar refractivity (Wildman–Crippen MR) is 68.7 cm³/mol. The molecular formula is C12H18N2O3S. The highest BCUT2D eigenvalue weighted by Gasteiger charge is 2.22. The molecule has 1 aliphatic carbocycles. The third-order valence-corrected chi connectivity index (χ3v) is 4.20. The number of aromatic nitrogens is 1. The molecule has 1 fully saturated rings. The second-order valence-electron chi connectivity index (χ2n) is 4.69. The molecule has 1 saturated carbocycles. The number of nitrogens with zero attached hydrogens (tertiary/aromatic N) is 1. The Morgan fingerprint density at radius 2 is 2.28 bits per heavy atom. The van der Waals surface area contributed by atoms with Crippen LogP contribution in [0.3, 0.4) is 0 Å². The first kappa shape index (κ1) is 13.5. The normalized spacial score (nSPS) is 24.1. The van der Waals surface area contributed by atoms with Crippen LogP contribution in [0.25, 0.3) is 0 Å². The summed E-state index contributed by atoms with van der Waals surface area (Å²) in [7, 11) is 0. The summed E-state index contributed by atoms with van der Waals surface area (Å²) in [6.45, 7) is 1.33. The zero-order valence-electron chi connectivity index (χ0n) is 10.1. The van der Waals surface area contributed by atoms with E-state index in [9.17, 15) is 9.90 Å². The molecule has 2 atom stereocenters. The second kappa shape index (κ2) is 6.26. The van der Waals surface area contributed by atoms with Gasteiger partial charge in [-0.3, -0.25) is 0 Å². The molecule has 1 aliphatic rings. The van der Waals surface area contributed by atoms with Gasteiger partial charge in [-0.1, -0.05) is 12.8 Å². The Kier molecular flexibility index (Phi) is 4.68. The SMILES string of the molecule is O=C(O)c1nc(CNCC2CCCCC2O)cs1. The smallest absolute Gasteiger partial charge is 0.365 e. The minimum atomic E-state index is -0.978. The van der Waals surface area contributed by atoms with Gasteiger partial charge in [-0.05, 0) is 18.8 Å². The van der Waals surface area contributed by atoms with Crippen molar-refractivity contribution in [2.75, 3.05) is 6.54 Å². The average Bonchev–Trinajstić information content (AvgIpc) is 2.80. The van der Waals surface area contributed by atoms with Gasteiger partial charge in [0.15, 0.2) is 0 Å². The van der Waals surface area contributed by atoms with Crippen molar-refractivity contribution in [1.29, 1.82) is 0 Å². The Hall–Kier alpha value is -0.980. The largest absolute Gasteiger partial charge is 0.476 e. The zero-order chi connectivity index (χ0) is 13.0. The maximum absolute atomic E-state index is 10.7. The third-order valence-electron chi connectivity index (χ3n) is 3.32. The van der Waals surface area contributed by atoms with Crippen LogP contribution in [-0.2, 0) is 6.54 Å². The molecule has 6 heteroatoms. The zero-order valence-corrected chi connectivity index (χ0v) is 10.9. The summed E-state index contributed by atoms with van der Waals surface area (Å²) < 4.78 is 0. The maximum atomic E-state index is 10.7. The van der Waals surface area contributed by atoms with E-state index in [0.717, 1.165) is 42.8 Å². The second-order valence-corrected chi connectivity index (χ2v) is 5.55. The topological polar surface area (TPSA) is 82.5 Å². The van der Waals surface area contributed by atoms with Gasteiger partial charge in [0, 0.05) is 18.5 Å². The van der Waals surface area contributed by atoms with E-state index in [1.807, 2.05) is 0 Å². The highest BCUT2D eigenvalue weighted by atomic mass is 32.1. The van der Waals surface area contributed by atoms with Crippen molar-refractivity contribution >= 4 is 17.3 Å². The summed E-state index contributed by atoms with van der Waals surface area (Å²) in [5.74, 6) is -0.662. The molecule has 3 N–H and O–H groups in total. The minimum Gasteiger partial charge on any atom is -0.476 e. The highest BCUT2D eigenvalue weighted by Crippen LogP contribution is 2.23. The fourth-order valence-corrected chi connectivity index (χ4v) is 2.95. The summed E-state index contributed by atoms with van der Waals surface area (Å²) in [4.78, 5) is 14.7. The number of nitrogens with one attached hydrogen (secondary N) is 1. The van der Waals surface area contributed by atoms with Crippen LogP contribution in [0.1, 0.15) is 41.2 Å². The van der Waals surface area contributed by atoms with E-state index >= 15 is 0 Å². The summed E-state index contributed by atoms with van der Waals surface area (Å²) in [6, 6.07) is 0. The number of carboxylic acids is 1. The average molecular weight is 270 g/mol. The van der Waals surface area contributed by atoms with Crippen molar-refractivity contribution in [3.63, 3.8) is 0 Å². The van der Waals surface area contributed by atoms with Crippen molar-refractivity contribution in [1.82, 2.24) is 10.3 Å². The van der Waals surface area contributed by atoms with Crippen LogP contribution in [0.2, 0.25) is 0 Å². The number of aromatic carboxylic acids is 1. The van der Waals surface area contributed by atoms with Crippen LogP contribution in [0.5, 0.6) is 0 Å². The van der Waals surface area contributed by atoms with Crippen LogP contribution in [0.15, 0.2) is 5.38 Å². The number of carboxylic acid groups (broad SMARTS) is 1. The molecule has 0 amide bonds. The number of aliphatic hydroxyl groups is 1. The quantitative estimate of drug-likeness (QED) is 0.755. The summed E-state index contributed by atoms with van der Waals surface area (Å²) in [6.07, 6.45) is 4.06. The van der Waals surface area contributed by atoms with Crippen LogP contribution < -0.4 is 5.32 Å². The molecule has 0 saturated heterocycles. The molecule has 18 heavy (non-hydrogen) atoms. The molecule has 1 aromatic heterocycles. The molecule has 0 aromatic carbocycles. The standard InChI is InChI=1S/C12H18N2O3S/c15-10-4-2-1-3-8(10)5-13-6-9-7-18-11(14-9)12(16)17/h7-8,10,13,15H,1-6H2,(H,16,17). The Morgan fingerprint density at radius 3 is 2.94 bits per heavy atom. The lowest BCUT2D eigenvalue weighted by atomic mass is 9.86.